The predicted molar refractivity (Wildman–Crippen MR) is 50.2 cm³/mol. The summed E-state index contributed by atoms with van der Waals surface area (Å²) in [5.74, 6) is 0.00741. The van der Waals surface area contributed by atoms with E-state index < -0.39 is 0 Å². The number of amides is 1. The summed E-state index contributed by atoms with van der Waals surface area (Å²) in [6, 6.07) is -0.206. The number of rotatable bonds is 5. The van der Waals surface area contributed by atoms with Crippen molar-refractivity contribution in [3.63, 3.8) is 0 Å². The number of ether oxygens (including phenoxy) is 1. The highest BCUT2D eigenvalue weighted by molar-refractivity contribution is 5.80. The lowest BCUT2D eigenvalue weighted by molar-refractivity contribution is -0.121. The molecular formula is C9H18N2O2. The Labute approximate surface area is 78.8 Å². The second kappa shape index (κ2) is 5.19. The molecule has 0 aliphatic carbocycles. The van der Waals surface area contributed by atoms with Gasteiger partial charge in [-0.15, -0.1) is 0 Å². The van der Waals surface area contributed by atoms with Gasteiger partial charge in [-0.1, -0.05) is 6.92 Å². The van der Waals surface area contributed by atoms with Crippen molar-refractivity contribution in [2.24, 2.45) is 11.7 Å². The average molecular weight is 186 g/mol. The Bertz CT molecular complexity index is 167. The number of nitrogens with one attached hydrogen (secondary N) is 1. The normalized spacial score (nSPS) is 24.5. The quantitative estimate of drug-likeness (QED) is 0.629. The summed E-state index contributed by atoms with van der Waals surface area (Å²) in [5, 5.41) is 3.16. The molecule has 0 spiro atoms. The monoisotopic (exact) mass is 186 g/mol. The van der Waals surface area contributed by atoms with Crippen LogP contribution in [0.4, 0.5) is 0 Å². The molecule has 13 heavy (non-hydrogen) atoms. The van der Waals surface area contributed by atoms with Crippen LogP contribution in [0.3, 0.4) is 0 Å². The van der Waals surface area contributed by atoms with Crippen molar-refractivity contribution in [3.8, 4) is 0 Å². The molecule has 1 fully saturated rings. The molecule has 4 nitrogen and oxygen atoms in total. The average Bonchev–Trinajstić information content (AvgIpc) is 2.57. The maximum absolute atomic E-state index is 11.1. The molecule has 0 aromatic rings. The number of nitrogens with two attached hydrogens (primary N) is 1. The van der Waals surface area contributed by atoms with Crippen molar-refractivity contribution < 1.29 is 9.53 Å². The van der Waals surface area contributed by atoms with Gasteiger partial charge in [0.2, 0.25) is 5.91 Å². The lowest BCUT2D eigenvalue weighted by atomic mass is 9.98. The fraction of sp³-hybridized carbons (Fsp3) is 0.889. The van der Waals surface area contributed by atoms with Crippen molar-refractivity contribution in [2.75, 3.05) is 19.8 Å². The summed E-state index contributed by atoms with van der Waals surface area (Å²) in [4.78, 5) is 11.1. The van der Waals surface area contributed by atoms with Crippen LogP contribution in [0.15, 0.2) is 0 Å². The predicted octanol–water partition coefficient (Wildman–Crippen LogP) is -0.124. The van der Waals surface area contributed by atoms with Crippen molar-refractivity contribution in [3.05, 3.63) is 0 Å². The molecule has 0 bridgehead atoms. The van der Waals surface area contributed by atoms with Crippen molar-refractivity contribution in [1.29, 1.82) is 0 Å². The van der Waals surface area contributed by atoms with Crippen LogP contribution in [0.25, 0.3) is 0 Å². The fourth-order valence-electron chi connectivity index (χ4n) is 1.62. The molecule has 1 saturated heterocycles. The van der Waals surface area contributed by atoms with Gasteiger partial charge in [-0.3, -0.25) is 4.79 Å². The van der Waals surface area contributed by atoms with Crippen molar-refractivity contribution >= 4 is 5.91 Å². The highest BCUT2D eigenvalue weighted by Gasteiger charge is 2.28. The SMILES string of the molecule is CCCNC(C(N)=O)C1CCOC1. The molecule has 1 aliphatic heterocycles. The third-order valence-corrected chi connectivity index (χ3v) is 2.36. The van der Waals surface area contributed by atoms with Crippen LogP contribution in [0, 0.1) is 5.92 Å². The van der Waals surface area contributed by atoms with Gasteiger partial charge in [0, 0.05) is 12.5 Å². The molecule has 1 amide bonds. The summed E-state index contributed by atoms with van der Waals surface area (Å²) < 4.78 is 5.22. The first-order chi connectivity index (χ1) is 6.25. The van der Waals surface area contributed by atoms with E-state index in [1.165, 1.54) is 0 Å². The highest BCUT2D eigenvalue weighted by atomic mass is 16.5. The Morgan fingerprint density at radius 2 is 2.54 bits per heavy atom. The number of carbonyl (C=O) groups is 1. The highest BCUT2D eigenvalue weighted by Crippen LogP contribution is 2.16. The zero-order valence-corrected chi connectivity index (χ0v) is 8.08. The van der Waals surface area contributed by atoms with Crippen LogP contribution in [-0.2, 0) is 9.53 Å². The maximum atomic E-state index is 11.1. The Kier molecular flexibility index (Phi) is 4.18. The molecule has 4 heteroatoms. The molecule has 76 valence electrons. The van der Waals surface area contributed by atoms with E-state index in [0.29, 0.717) is 6.61 Å². The van der Waals surface area contributed by atoms with Gasteiger partial charge in [0.15, 0.2) is 0 Å². The van der Waals surface area contributed by atoms with Gasteiger partial charge in [-0.2, -0.15) is 0 Å². The van der Waals surface area contributed by atoms with E-state index >= 15 is 0 Å². The van der Waals surface area contributed by atoms with E-state index in [-0.39, 0.29) is 17.9 Å². The molecule has 2 atom stereocenters. The summed E-state index contributed by atoms with van der Waals surface area (Å²) in [7, 11) is 0. The first kappa shape index (κ1) is 10.5. The summed E-state index contributed by atoms with van der Waals surface area (Å²) in [5.41, 5.74) is 5.30. The van der Waals surface area contributed by atoms with Crippen LogP contribution in [-0.4, -0.2) is 31.7 Å². The van der Waals surface area contributed by atoms with Gasteiger partial charge in [-0.05, 0) is 19.4 Å². The van der Waals surface area contributed by atoms with E-state index in [1.54, 1.807) is 0 Å². The standard InChI is InChI=1S/C9H18N2O2/c1-2-4-11-8(9(10)12)7-3-5-13-6-7/h7-8,11H,2-6H2,1H3,(H2,10,12). The zero-order valence-electron chi connectivity index (χ0n) is 8.08. The van der Waals surface area contributed by atoms with E-state index in [2.05, 4.69) is 12.2 Å². The molecule has 0 aromatic heterocycles. The first-order valence-electron chi connectivity index (χ1n) is 4.86. The van der Waals surface area contributed by atoms with Gasteiger partial charge in [0.25, 0.3) is 0 Å². The Hall–Kier alpha value is -0.610. The molecule has 0 radical (unpaired) electrons. The van der Waals surface area contributed by atoms with Crippen LogP contribution in [0.5, 0.6) is 0 Å². The third kappa shape index (κ3) is 2.97. The zero-order chi connectivity index (χ0) is 9.68. The molecule has 0 aromatic carbocycles. The minimum absolute atomic E-state index is 0.206. The summed E-state index contributed by atoms with van der Waals surface area (Å²) >= 11 is 0. The Morgan fingerprint density at radius 1 is 1.77 bits per heavy atom. The number of carbonyl (C=O) groups excluding carboxylic acids is 1. The lowest BCUT2D eigenvalue weighted by Crippen LogP contribution is -2.47. The Balaban J connectivity index is 2.40. The van der Waals surface area contributed by atoms with Crippen molar-refractivity contribution in [1.82, 2.24) is 5.32 Å². The number of hydrogen-bond donors (Lipinski definition) is 2. The third-order valence-electron chi connectivity index (χ3n) is 2.36. The molecule has 1 rings (SSSR count). The molecular weight excluding hydrogens is 168 g/mol. The number of hydrogen-bond acceptors (Lipinski definition) is 3. The molecule has 1 heterocycles. The molecule has 2 unspecified atom stereocenters. The van der Waals surface area contributed by atoms with Gasteiger partial charge < -0.3 is 15.8 Å². The van der Waals surface area contributed by atoms with Gasteiger partial charge in [0.1, 0.15) is 0 Å². The van der Waals surface area contributed by atoms with Crippen LogP contribution >= 0.6 is 0 Å². The topological polar surface area (TPSA) is 64.3 Å². The van der Waals surface area contributed by atoms with E-state index in [0.717, 1.165) is 26.0 Å². The minimum Gasteiger partial charge on any atom is -0.381 e. The van der Waals surface area contributed by atoms with Crippen molar-refractivity contribution in [2.45, 2.75) is 25.8 Å². The second-order valence-electron chi connectivity index (χ2n) is 3.46. The van der Waals surface area contributed by atoms with E-state index in [4.69, 9.17) is 10.5 Å². The first-order valence-corrected chi connectivity index (χ1v) is 4.86. The maximum Gasteiger partial charge on any atom is 0.234 e. The van der Waals surface area contributed by atoms with Crippen LogP contribution in [0.2, 0.25) is 0 Å². The minimum atomic E-state index is -0.260. The van der Waals surface area contributed by atoms with E-state index in [1.807, 2.05) is 0 Å². The van der Waals surface area contributed by atoms with Crippen LogP contribution in [0.1, 0.15) is 19.8 Å². The van der Waals surface area contributed by atoms with Gasteiger partial charge >= 0.3 is 0 Å². The van der Waals surface area contributed by atoms with Crippen LogP contribution < -0.4 is 11.1 Å². The molecule has 1 aliphatic rings. The van der Waals surface area contributed by atoms with E-state index in [9.17, 15) is 4.79 Å². The van der Waals surface area contributed by atoms with Gasteiger partial charge in [0.05, 0.1) is 12.6 Å². The summed E-state index contributed by atoms with van der Waals surface area (Å²) in [6.45, 7) is 4.31. The fourth-order valence-corrected chi connectivity index (χ4v) is 1.62. The second-order valence-corrected chi connectivity index (χ2v) is 3.46. The summed E-state index contributed by atoms with van der Waals surface area (Å²) in [6.07, 6.45) is 1.95. The largest absolute Gasteiger partial charge is 0.381 e. The van der Waals surface area contributed by atoms with Gasteiger partial charge in [-0.25, -0.2) is 0 Å². The smallest absolute Gasteiger partial charge is 0.234 e. The molecule has 3 N–H and O–H groups in total. The molecule has 0 saturated carbocycles. The number of primary amides is 1. The Morgan fingerprint density at radius 3 is 3.00 bits per heavy atom. The lowest BCUT2D eigenvalue weighted by Gasteiger charge is -2.19.